The van der Waals surface area contributed by atoms with Crippen molar-refractivity contribution in [1.29, 1.82) is 0 Å². The Bertz CT molecular complexity index is 1120. The number of epoxide rings is 1. The van der Waals surface area contributed by atoms with E-state index in [1.54, 1.807) is 0 Å². The van der Waals surface area contributed by atoms with Gasteiger partial charge in [0.25, 0.3) is 0 Å². The summed E-state index contributed by atoms with van der Waals surface area (Å²) in [7, 11) is -1.90. The Morgan fingerprint density at radius 2 is 1.74 bits per heavy atom. The second kappa shape index (κ2) is 8.17. The Morgan fingerprint density at radius 3 is 2.42 bits per heavy atom. The van der Waals surface area contributed by atoms with Crippen LogP contribution in [-0.4, -0.2) is 44.8 Å². The van der Waals surface area contributed by atoms with Gasteiger partial charge in [0.05, 0.1) is 19.3 Å². The van der Waals surface area contributed by atoms with Crippen molar-refractivity contribution >= 4 is 14.1 Å². The van der Waals surface area contributed by atoms with Gasteiger partial charge >= 0.3 is 0 Å². The normalized spacial score (nSPS) is 43.3. The molecule has 0 radical (unpaired) electrons. The first-order valence-electron chi connectivity index (χ1n) is 15.2. The Labute approximate surface area is 229 Å². The summed E-state index contributed by atoms with van der Waals surface area (Å²) in [5.41, 5.74) is 1.08. The fraction of sp³-hybridized carbons (Fsp3) is 0.781. The van der Waals surface area contributed by atoms with Crippen LogP contribution in [0.2, 0.25) is 18.1 Å². The zero-order valence-corrected chi connectivity index (χ0v) is 25.2. The minimum Gasteiger partial charge on any atom is -0.544 e. The highest BCUT2D eigenvalue weighted by Gasteiger charge is 2.75. The fourth-order valence-electron chi connectivity index (χ4n) is 9.41. The third-order valence-corrected chi connectivity index (χ3v) is 16.7. The summed E-state index contributed by atoms with van der Waals surface area (Å²) in [5, 5.41) is 0.164. The molecule has 38 heavy (non-hydrogen) atoms. The number of ether oxygens (including phenoxy) is 3. The first-order chi connectivity index (χ1) is 17.9. The Morgan fingerprint density at radius 1 is 1.03 bits per heavy atom. The summed E-state index contributed by atoms with van der Waals surface area (Å²) < 4.78 is 25.7. The van der Waals surface area contributed by atoms with Crippen molar-refractivity contribution in [2.75, 3.05) is 13.2 Å². The molecule has 6 fully saturated rings. The van der Waals surface area contributed by atoms with Gasteiger partial charge in [-0.05, 0) is 91.1 Å². The maximum atomic E-state index is 13.3. The maximum absolute atomic E-state index is 13.3. The van der Waals surface area contributed by atoms with Crippen LogP contribution in [0.25, 0.3) is 0 Å². The SMILES string of the molecule is CC(C)(C)[Si](C)(C)Oc1ccc([C@H]2C[C@]3(C)C(=O)CC[C@H]3[C@@H]3C[C@@H]4O[C@]45CC4(CC[C@@H]5[C@H]32)OCCO4)cc1. The number of Topliss-reactive ketones (excluding diaryl/α,β-unsaturated/α-hetero) is 1. The Hall–Kier alpha value is -1.21. The largest absolute Gasteiger partial charge is 0.544 e. The van der Waals surface area contributed by atoms with Gasteiger partial charge < -0.3 is 18.6 Å². The van der Waals surface area contributed by atoms with Crippen LogP contribution in [0.5, 0.6) is 5.75 Å². The zero-order valence-electron chi connectivity index (χ0n) is 24.2. The van der Waals surface area contributed by atoms with Crippen LogP contribution in [0.3, 0.4) is 0 Å². The van der Waals surface area contributed by atoms with Gasteiger partial charge in [-0.1, -0.05) is 39.8 Å². The highest BCUT2D eigenvalue weighted by molar-refractivity contribution is 6.74. The van der Waals surface area contributed by atoms with Crippen LogP contribution >= 0.6 is 0 Å². The number of carbonyl (C=O) groups excluding carboxylic acids is 1. The van der Waals surface area contributed by atoms with Gasteiger partial charge in [0.15, 0.2) is 5.79 Å². The lowest BCUT2D eigenvalue weighted by Crippen LogP contribution is -2.57. The van der Waals surface area contributed by atoms with Crippen molar-refractivity contribution in [3.05, 3.63) is 29.8 Å². The minimum absolute atomic E-state index is 0.0935. The van der Waals surface area contributed by atoms with E-state index in [9.17, 15) is 4.79 Å². The summed E-state index contributed by atoms with van der Waals surface area (Å²) in [6, 6.07) is 9.02. The van der Waals surface area contributed by atoms with Crippen LogP contribution in [0.15, 0.2) is 24.3 Å². The van der Waals surface area contributed by atoms with E-state index in [0.29, 0.717) is 54.7 Å². The van der Waals surface area contributed by atoms with Crippen molar-refractivity contribution in [2.24, 2.45) is 29.1 Å². The summed E-state index contributed by atoms with van der Waals surface area (Å²) in [6.07, 6.45) is 7.12. The monoisotopic (exact) mass is 538 g/mol. The molecule has 1 aromatic rings. The van der Waals surface area contributed by atoms with Crippen molar-refractivity contribution in [3.63, 3.8) is 0 Å². The molecule has 2 saturated heterocycles. The van der Waals surface area contributed by atoms with Crippen molar-refractivity contribution in [2.45, 2.75) is 114 Å². The molecule has 2 aliphatic heterocycles. The smallest absolute Gasteiger partial charge is 0.250 e. The predicted octanol–water partition coefficient (Wildman–Crippen LogP) is 6.86. The number of carbonyl (C=O) groups is 1. The molecule has 8 atom stereocenters. The molecular weight excluding hydrogens is 492 g/mol. The molecule has 7 rings (SSSR count). The standard InChI is InChI=1S/C32H46O5Si/c1-29(2,3)38(5,6)37-21-9-7-20(8-10-21)23-18-30(4)24(11-12-26(30)33)22-17-27-32(36-27)19-31(34-15-16-35-31)14-13-25(32)28(22)23/h7-10,22-25,27-28H,11-19H2,1-6H3/t22-,23+,24-,25+,27-,28+,30-,32-/m0/s1. The van der Waals surface area contributed by atoms with Crippen molar-refractivity contribution in [3.8, 4) is 5.75 Å². The molecule has 5 nitrogen and oxygen atoms in total. The number of benzene rings is 1. The van der Waals surface area contributed by atoms with Crippen LogP contribution in [0, 0.1) is 29.1 Å². The third-order valence-electron chi connectivity index (χ3n) is 12.4. The first-order valence-corrected chi connectivity index (χ1v) is 18.1. The van der Waals surface area contributed by atoms with E-state index in [-0.39, 0.29) is 16.1 Å². The van der Waals surface area contributed by atoms with Crippen molar-refractivity contribution < 1.29 is 23.4 Å². The first kappa shape index (κ1) is 25.7. The summed E-state index contributed by atoms with van der Waals surface area (Å²) in [5.74, 6) is 3.52. The summed E-state index contributed by atoms with van der Waals surface area (Å²) in [4.78, 5) is 13.3. The molecule has 6 heteroatoms. The van der Waals surface area contributed by atoms with Gasteiger partial charge in [0.2, 0.25) is 8.32 Å². The van der Waals surface area contributed by atoms with E-state index in [0.717, 1.165) is 50.7 Å². The number of hydrogen-bond acceptors (Lipinski definition) is 5. The fourth-order valence-corrected chi connectivity index (χ4v) is 10.4. The molecule has 4 aliphatic carbocycles. The lowest BCUT2D eigenvalue weighted by molar-refractivity contribution is -0.208. The highest BCUT2D eigenvalue weighted by Crippen LogP contribution is 2.72. The molecule has 2 spiro atoms. The predicted molar refractivity (Wildman–Crippen MR) is 149 cm³/mol. The molecule has 0 N–H and O–H groups in total. The van der Waals surface area contributed by atoms with Gasteiger partial charge in [-0.3, -0.25) is 4.79 Å². The molecule has 6 aliphatic rings. The average Bonchev–Trinajstić information content (AvgIpc) is 3.18. The van der Waals surface area contributed by atoms with Crippen LogP contribution in [-0.2, 0) is 19.0 Å². The molecule has 0 aromatic heterocycles. The number of hydrogen-bond donors (Lipinski definition) is 0. The van der Waals surface area contributed by atoms with Gasteiger partial charge in [-0.25, -0.2) is 0 Å². The van der Waals surface area contributed by atoms with Gasteiger partial charge in [0, 0.05) is 24.7 Å². The lowest BCUT2D eigenvalue weighted by Gasteiger charge is -2.57. The van der Waals surface area contributed by atoms with E-state index in [1.807, 2.05) is 0 Å². The molecule has 1 aromatic carbocycles. The zero-order chi connectivity index (χ0) is 26.7. The molecular formula is C32H46O5Si. The number of fused-ring (bicyclic) bond motifs is 4. The van der Waals surface area contributed by atoms with E-state index >= 15 is 0 Å². The third kappa shape index (κ3) is 3.62. The number of ketones is 1. The van der Waals surface area contributed by atoms with Gasteiger partial charge in [0.1, 0.15) is 17.1 Å². The van der Waals surface area contributed by atoms with Crippen LogP contribution in [0.4, 0.5) is 0 Å². The summed E-state index contributed by atoms with van der Waals surface area (Å²) in [6.45, 7) is 15.2. The van der Waals surface area contributed by atoms with Crippen LogP contribution < -0.4 is 4.43 Å². The lowest BCUT2D eigenvalue weighted by atomic mass is 9.46. The topological polar surface area (TPSA) is 57.3 Å². The highest BCUT2D eigenvalue weighted by atomic mass is 28.4. The van der Waals surface area contributed by atoms with E-state index in [2.05, 4.69) is 65.1 Å². The second-order valence-corrected chi connectivity index (χ2v) is 19.9. The quantitative estimate of drug-likeness (QED) is 0.311. The van der Waals surface area contributed by atoms with E-state index in [1.165, 1.54) is 5.56 Å². The van der Waals surface area contributed by atoms with E-state index < -0.39 is 14.1 Å². The van der Waals surface area contributed by atoms with Crippen molar-refractivity contribution in [1.82, 2.24) is 0 Å². The molecule has 208 valence electrons. The molecule has 0 amide bonds. The molecule has 2 heterocycles. The van der Waals surface area contributed by atoms with E-state index in [4.69, 9.17) is 18.6 Å². The second-order valence-electron chi connectivity index (χ2n) is 15.2. The Kier molecular flexibility index (Phi) is 5.54. The number of rotatable bonds is 3. The maximum Gasteiger partial charge on any atom is 0.250 e. The van der Waals surface area contributed by atoms with Crippen LogP contribution in [0.1, 0.15) is 84.1 Å². The minimum atomic E-state index is -1.90. The molecule has 0 unspecified atom stereocenters. The van der Waals surface area contributed by atoms with Gasteiger partial charge in [-0.2, -0.15) is 0 Å². The molecule has 4 saturated carbocycles. The van der Waals surface area contributed by atoms with Gasteiger partial charge in [-0.15, -0.1) is 0 Å². The summed E-state index contributed by atoms with van der Waals surface area (Å²) >= 11 is 0. The molecule has 0 bridgehead atoms. The Balaban J connectivity index is 1.22. The average molecular weight is 539 g/mol.